The molecule has 1 atom stereocenters. The fourth-order valence-corrected chi connectivity index (χ4v) is 3.61. The number of hydrogen-bond donors (Lipinski definition) is 2. The van der Waals surface area contributed by atoms with Crippen LogP contribution in [-0.2, 0) is 22.6 Å². The van der Waals surface area contributed by atoms with E-state index >= 15 is 0 Å². The second kappa shape index (κ2) is 9.66. The molecule has 0 aliphatic rings. The summed E-state index contributed by atoms with van der Waals surface area (Å²) in [6.45, 7) is -0.0185. The first kappa shape index (κ1) is 21.6. The van der Waals surface area contributed by atoms with Crippen molar-refractivity contribution in [1.29, 1.82) is 0 Å². The average molecular weight is 451 g/mol. The molecule has 162 valence electrons. The molecule has 7 heteroatoms. The highest BCUT2D eigenvalue weighted by molar-refractivity contribution is 6.31. The van der Waals surface area contributed by atoms with Crippen molar-refractivity contribution in [2.45, 2.75) is 19.1 Å². The molecule has 0 bridgehead atoms. The Morgan fingerprint density at radius 1 is 0.969 bits per heavy atom. The summed E-state index contributed by atoms with van der Waals surface area (Å²) in [5.41, 5.74) is 2.70. The van der Waals surface area contributed by atoms with E-state index in [9.17, 15) is 14.0 Å². The van der Waals surface area contributed by atoms with Crippen molar-refractivity contribution in [3.05, 3.63) is 107 Å². The molecule has 0 saturated heterocycles. The monoisotopic (exact) mass is 450 g/mol. The van der Waals surface area contributed by atoms with Gasteiger partial charge >= 0.3 is 5.97 Å². The van der Waals surface area contributed by atoms with Gasteiger partial charge in [0.25, 0.3) is 5.91 Å². The number of carbonyl (C=O) groups excluding carboxylic acids is 2. The van der Waals surface area contributed by atoms with Crippen molar-refractivity contribution in [2.75, 3.05) is 0 Å². The third-order valence-corrected chi connectivity index (χ3v) is 5.49. The number of rotatable bonds is 7. The summed E-state index contributed by atoms with van der Waals surface area (Å²) in [4.78, 5) is 28.8. The minimum absolute atomic E-state index is 0.0185. The fraction of sp³-hybridized carbons (Fsp3) is 0.120. The molecular weight excluding hydrogens is 431 g/mol. The van der Waals surface area contributed by atoms with Crippen molar-refractivity contribution in [3.8, 4) is 0 Å². The van der Waals surface area contributed by atoms with Crippen LogP contribution in [0, 0.1) is 5.82 Å². The lowest BCUT2D eigenvalue weighted by molar-refractivity contribution is -0.147. The van der Waals surface area contributed by atoms with Gasteiger partial charge < -0.3 is 15.0 Å². The van der Waals surface area contributed by atoms with Crippen LogP contribution in [0.15, 0.2) is 79.0 Å². The van der Waals surface area contributed by atoms with E-state index in [4.69, 9.17) is 16.3 Å². The number of ether oxygens (including phenoxy) is 1. The minimum atomic E-state index is -0.950. The number of halogens is 2. The maximum absolute atomic E-state index is 13.2. The van der Waals surface area contributed by atoms with Crippen LogP contribution < -0.4 is 5.32 Å². The third kappa shape index (κ3) is 4.98. The van der Waals surface area contributed by atoms with E-state index in [1.165, 1.54) is 24.3 Å². The molecule has 0 aliphatic heterocycles. The first-order valence-corrected chi connectivity index (χ1v) is 10.4. The minimum Gasteiger partial charge on any atom is -0.459 e. The van der Waals surface area contributed by atoms with Gasteiger partial charge in [-0.1, -0.05) is 48.0 Å². The van der Waals surface area contributed by atoms with Gasteiger partial charge in [-0.2, -0.15) is 0 Å². The van der Waals surface area contributed by atoms with Gasteiger partial charge in [-0.15, -0.1) is 0 Å². The first-order valence-electron chi connectivity index (χ1n) is 10.0. The van der Waals surface area contributed by atoms with Crippen LogP contribution >= 0.6 is 11.6 Å². The Kier molecular flexibility index (Phi) is 6.52. The Bertz CT molecular complexity index is 1250. The van der Waals surface area contributed by atoms with Crippen molar-refractivity contribution < 1.29 is 18.7 Å². The van der Waals surface area contributed by atoms with Crippen LogP contribution in [0.2, 0.25) is 5.02 Å². The third-order valence-electron chi connectivity index (χ3n) is 5.12. The molecule has 32 heavy (non-hydrogen) atoms. The second-order valence-electron chi connectivity index (χ2n) is 7.30. The maximum atomic E-state index is 13.2. The summed E-state index contributed by atoms with van der Waals surface area (Å²) in [5.74, 6) is -1.54. The van der Waals surface area contributed by atoms with E-state index < -0.39 is 23.7 Å². The molecular formula is C25H20ClFN2O3. The molecule has 3 aromatic carbocycles. The summed E-state index contributed by atoms with van der Waals surface area (Å²) in [6, 6.07) is 18.9. The van der Waals surface area contributed by atoms with Crippen molar-refractivity contribution in [3.63, 3.8) is 0 Å². The molecule has 1 amide bonds. The van der Waals surface area contributed by atoms with Crippen LogP contribution in [0.5, 0.6) is 0 Å². The van der Waals surface area contributed by atoms with E-state index in [0.29, 0.717) is 10.6 Å². The lowest BCUT2D eigenvalue weighted by atomic mass is 10.0. The molecule has 2 N–H and O–H groups in total. The van der Waals surface area contributed by atoms with E-state index in [0.717, 1.165) is 16.5 Å². The standard InChI is InChI=1S/C25H20ClFN2O3/c26-21-7-3-1-5-17(21)15-32-25(31)23(29-24(30)16-9-11-19(27)12-10-16)13-18-14-28-22-8-4-2-6-20(18)22/h1-12,14,23,28H,13,15H2,(H,29,30). The highest BCUT2D eigenvalue weighted by Gasteiger charge is 2.25. The highest BCUT2D eigenvalue weighted by atomic mass is 35.5. The largest absolute Gasteiger partial charge is 0.459 e. The smallest absolute Gasteiger partial charge is 0.329 e. The number of nitrogens with one attached hydrogen (secondary N) is 2. The first-order chi connectivity index (χ1) is 15.5. The summed E-state index contributed by atoms with van der Waals surface area (Å²) < 4.78 is 18.7. The SMILES string of the molecule is O=C(NC(Cc1c[nH]c2ccccc12)C(=O)OCc1ccccc1Cl)c1ccc(F)cc1. The molecule has 0 saturated carbocycles. The zero-order chi connectivity index (χ0) is 22.5. The van der Waals surface area contributed by atoms with E-state index in [-0.39, 0.29) is 18.6 Å². The number of fused-ring (bicyclic) bond motifs is 1. The molecule has 0 radical (unpaired) electrons. The number of hydrogen-bond acceptors (Lipinski definition) is 3. The summed E-state index contributed by atoms with van der Waals surface area (Å²) >= 11 is 6.15. The van der Waals surface area contributed by atoms with Crippen molar-refractivity contribution >= 4 is 34.4 Å². The van der Waals surface area contributed by atoms with Gasteiger partial charge in [0.2, 0.25) is 0 Å². The Morgan fingerprint density at radius 2 is 1.69 bits per heavy atom. The average Bonchev–Trinajstić information content (AvgIpc) is 3.21. The Morgan fingerprint density at radius 3 is 2.47 bits per heavy atom. The molecule has 0 spiro atoms. The molecule has 4 aromatic rings. The normalized spacial score (nSPS) is 11.8. The van der Waals surface area contributed by atoms with E-state index in [2.05, 4.69) is 10.3 Å². The van der Waals surface area contributed by atoms with Crippen LogP contribution in [0.4, 0.5) is 4.39 Å². The number of amides is 1. The van der Waals surface area contributed by atoms with Gasteiger partial charge in [0.15, 0.2) is 0 Å². The van der Waals surface area contributed by atoms with Crippen molar-refractivity contribution in [1.82, 2.24) is 10.3 Å². The number of carbonyl (C=O) groups is 2. The molecule has 0 aliphatic carbocycles. The molecule has 0 fully saturated rings. The fourth-order valence-electron chi connectivity index (χ4n) is 3.42. The Labute approximate surface area is 189 Å². The lowest BCUT2D eigenvalue weighted by Crippen LogP contribution is -2.43. The van der Waals surface area contributed by atoms with Gasteiger partial charge in [0, 0.05) is 39.7 Å². The zero-order valence-corrected chi connectivity index (χ0v) is 17.7. The highest BCUT2D eigenvalue weighted by Crippen LogP contribution is 2.21. The molecule has 5 nitrogen and oxygen atoms in total. The number of H-pyrrole nitrogens is 1. The second-order valence-corrected chi connectivity index (χ2v) is 7.70. The van der Waals surface area contributed by atoms with Crippen molar-refractivity contribution in [2.24, 2.45) is 0 Å². The van der Waals surface area contributed by atoms with Gasteiger partial charge in [0.1, 0.15) is 18.5 Å². The summed E-state index contributed by atoms with van der Waals surface area (Å²) in [7, 11) is 0. The van der Waals surface area contributed by atoms with Gasteiger partial charge in [-0.05, 0) is 42.0 Å². The number of para-hydroxylation sites is 1. The van der Waals surface area contributed by atoms with Crippen LogP contribution in [-0.4, -0.2) is 22.9 Å². The predicted molar refractivity (Wildman–Crippen MR) is 121 cm³/mol. The van der Waals surface area contributed by atoms with E-state index in [1.54, 1.807) is 24.3 Å². The number of esters is 1. The number of aromatic nitrogens is 1. The maximum Gasteiger partial charge on any atom is 0.329 e. The van der Waals surface area contributed by atoms with Crippen LogP contribution in [0.1, 0.15) is 21.5 Å². The number of benzene rings is 3. The summed E-state index contributed by atoms with van der Waals surface area (Å²) in [6.07, 6.45) is 2.03. The quantitative estimate of drug-likeness (QED) is 0.387. The molecule has 1 aromatic heterocycles. The van der Waals surface area contributed by atoms with Crippen LogP contribution in [0.25, 0.3) is 10.9 Å². The predicted octanol–water partition coefficient (Wildman–Crippen LogP) is 5.04. The van der Waals surface area contributed by atoms with Crippen LogP contribution in [0.3, 0.4) is 0 Å². The van der Waals surface area contributed by atoms with Gasteiger partial charge in [-0.3, -0.25) is 4.79 Å². The Balaban J connectivity index is 1.55. The molecule has 1 heterocycles. The molecule has 4 rings (SSSR count). The summed E-state index contributed by atoms with van der Waals surface area (Å²) in [5, 5.41) is 4.16. The topological polar surface area (TPSA) is 71.2 Å². The van der Waals surface area contributed by atoms with E-state index in [1.807, 2.05) is 30.5 Å². The lowest BCUT2D eigenvalue weighted by Gasteiger charge is -2.18. The Hall–Kier alpha value is -3.64. The van der Waals surface area contributed by atoms with Gasteiger partial charge in [-0.25, -0.2) is 9.18 Å². The molecule has 1 unspecified atom stereocenters. The zero-order valence-electron chi connectivity index (χ0n) is 17.0. The number of aromatic amines is 1. The van der Waals surface area contributed by atoms with Gasteiger partial charge in [0.05, 0.1) is 0 Å².